The molecule has 0 heterocycles. The molecule has 2 aromatic rings. The second kappa shape index (κ2) is 6.31. The summed E-state index contributed by atoms with van der Waals surface area (Å²) in [6.45, 7) is 0. The number of anilines is 1. The maximum Gasteiger partial charge on any atom is 0.417 e. The number of halogens is 6. The summed E-state index contributed by atoms with van der Waals surface area (Å²) in [6, 6.07) is 8.80. The van der Waals surface area contributed by atoms with Crippen LogP contribution in [0, 0.1) is 0 Å². The summed E-state index contributed by atoms with van der Waals surface area (Å²) in [7, 11) is 0. The van der Waals surface area contributed by atoms with Gasteiger partial charge >= 0.3 is 12.4 Å². The monoisotopic (exact) mass is 332 g/mol. The molecular formula is C15H10F6N2. The lowest BCUT2D eigenvalue weighted by Gasteiger charge is -2.09. The lowest BCUT2D eigenvalue weighted by molar-refractivity contribution is -0.138. The highest BCUT2D eigenvalue weighted by Gasteiger charge is 2.32. The standard InChI is InChI=1S/C15H10F6N2/c16-14(17,18)11-5-7-12(8-6-11)23-22-9-10-3-1-2-4-13(10)15(19,20)21/h1-9,23H/b22-9+. The first kappa shape index (κ1) is 16.9. The van der Waals surface area contributed by atoms with Crippen molar-refractivity contribution in [2.45, 2.75) is 12.4 Å². The Morgan fingerprint density at radius 3 is 1.96 bits per heavy atom. The summed E-state index contributed by atoms with van der Waals surface area (Å²) in [6.07, 6.45) is -8.01. The molecule has 2 aromatic carbocycles. The van der Waals surface area contributed by atoms with Gasteiger partial charge in [-0.1, -0.05) is 18.2 Å². The van der Waals surface area contributed by atoms with Gasteiger partial charge in [-0.05, 0) is 30.3 Å². The Hall–Kier alpha value is -2.51. The number of nitrogens with one attached hydrogen (secondary N) is 1. The fraction of sp³-hybridized carbons (Fsp3) is 0.133. The second-order valence-corrected chi connectivity index (χ2v) is 4.53. The first-order valence-corrected chi connectivity index (χ1v) is 6.30. The molecular weight excluding hydrogens is 322 g/mol. The van der Waals surface area contributed by atoms with Crippen molar-refractivity contribution < 1.29 is 26.3 Å². The van der Waals surface area contributed by atoms with Gasteiger partial charge in [0.2, 0.25) is 0 Å². The predicted molar refractivity (Wildman–Crippen MR) is 74.1 cm³/mol. The highest BCUT2D eigenvalue weighted by molar-refractivity contribution is 5.82. The number of benzene rings is 2. The summed E-state index contributed by atoms with van der Waals surface area (Å²) in [5.41, 5.74) is 0.779. The molecule has 0 aliphatic rings. The van der Waals surface area contributed by atoms with Crippen LogP contribution in [0.25, 0.3) is 0 Å². The molecule has 0 unspecified atom stereocenters. The van der Waals surface area contributed by atoms with E-state index in [0.29, 0.717) is 0 Å². The number of hydrazone groups is 1. The number of rotatable bonds is 3. The van der Waals surface area contributed by atoms with Crippen molar-refractivity contribution in [3.8, 4) is 0 Å². The van der Waals surface area contributed by atoms with E-state index in [1.807, 2.05) is 0 Å². The lowest BCUT2D eigenvalue weighted by atomic mass is 10.1. The van der Waals surface area contributed by atoms with Crippen molar-refractivity contribution in [1.82, 2.24) is 0 Å². The predicted octanol–water partition coefficient (Wildman–Crippen LogP) is 5.17. The molecule has 0 spiro atoms. The second-order valence-electron chi connectivity index (χ2n) is 4.53. The highest BCUT2D eigenvalue weighted by atomic mass is 19.4. The first-order valence-electron chi connectivity index (χ1n) is 6.30. The smallest absolute Gasteiger partial charge is 0.279 e. The molecule has 0 fully saturated rings. The van der Waals surface area contributed by atoms with Crippen LogP contribution < -0.4 is 5.43 Å². The van der Waals surface area contributed by atoms with Crippen LogP contribution in [0.2, 0.25) is 0 Å². The SMILES string of the molecule is FC(F)(F)c1ccc(N/N=C/c2ccccc2C(F)(F)F)cc1. The minimum Gasteiger partial charge on any atom is -0.279 e. The van der Waals surface area contributed by atoms with Crippen LogP contribution in [-0.4, -0.2) is 6.21 Å². The van der Waals surface area contributed by atoms with Crippen molar-refractivity contribution >= 4 is 11.9 Å². The molecule has 122 valence electrons. The molecule has 0 atom stereocenters. The van der Waals surface area contributed by atoms with Crippen LogP contribution in [0.3, 0.4) is 0 Å². The van der Waals surface area contributed by atoms with E-state index >= 15 is 0 Å². The van der Waals surface area contributed by atoms with E-state index in [-0.39, 0.29) is 11.3 Å². The summed E-state index contributed by atoms with van der Waals surface area (Å²) in [5.74, 6) is 0. The summed E-state index contributed by atoms with van der Waals surface area (Å²) >= 11 is 0. The number of hydrogen-bond acceptors (Lipinski definition) is 2. The molecule has 0 saturated carbocycles. The van der Waals surface area contributed by atoms with Gasteiger partial charge in [-0.2, -0.15) is 31.4 Å². The normalized spacial score (nSPS) is 12.6. The van der Waals surface area contributed by atoms with E-state index in [1.165, 1.54) is 18.2 Å². The fourth-order valence-electron chi connectivity index (χ4n) is 1.78. The number of alkyl halides is 6. The van der Waals surface area contributed by atoms with Crippen LogP contribution in [0.15, 0.2) is 53.6 Å². The van der Waals surface area contributed by atoms with Gasteiger partial charge in [0.05, 0.1) is 23.0 Å². The summed E-state index contributed by atoms with van der Waals surface area (Å²) < 4.78 is 75.5. The highest BCUT2D eigenvalue weighted by Crippen LogP contribution is 2.31. The van der Waals surface area contributed by atoms with Crippen molar-refractivity contribution in [3.05, 3.63) is 65.2 Å². The van der Waals surface area contributed by atoms with Crippen molar-refractivity contribution in [2.24, 2.45) is 5.10 Å². The average molecular weight is 332 g/mol. The zero-order valence-corrected chi connectivity index (χ0v) is 11.4. The maximum atomic E-state index is 12.8. The first-order chi connectivity index (χ1) is 10.7. The van der Waals surface area contributed by atoms with E-state index in [1.54, 1.807) is 0 Å². The third-order valence-corrected chi connectivity index (χ3v) is 2.88. The molecule has 0 bridgehead atoms. The molecule has 0 saturated heterocycles. The summed E-state index contributed by atoms with van der Waals surface area (Å²) in [5, 5.41) is 3.62. The van der Waals surface area contributed by atoms with Gasteiger partial charge in [-0.15, -0.1) is 0 Å². The molecule has 1 N–H and O–H groups in total. The van der Waals surface area contributed by atoms with E-state index in [2.05, 4.69) is 10.5 Å². The Morgan fingerprint density at radius 2 is 1.39 bits per heavy atom. The quantitative estimate of drug-likeness (QED) is 0.468. The van der Waals surface area contributed by atoms with Crippen LogP contribution in [0.5, 0.6) is 0 Å². The van der Waals surface area contributed by atoms with Crippen LogP contribution in [-0.2, 0) is 12.4 Å². The Morgan fingerprint density at radius 1 is 0.783 bits per heavy atom. The van der Waals surface area contributed by atoms with Crippen molar-refractivity contribution in [2.75, 3.05) is 5.43 Å². The minimum atomic E-state index is -4.52. The topological polar surface area (TPSA) is 24.4 Å². The van der Waals surface area contributed by atoms with Gasteiger partial charge in [0.1, 0.15) is 0 Å². The van der Waals surface area contributed by atoms with Crippen LogP contribution in [0.4, 0.5) is 32.0 Å². The molecule has 0 aliphatic heterocycles. The third kappa shape index (κ3) is 4.48. The van der Waals surface area contributed by atoms with E-state index < -0.39 is 23.5 Å². The lowest BCUT2D eigenvalue weighted by Crippen LogP contribution is -2.08. The van der Waals surface area contributed by atoms with Gasteiger partial charge in [0.25, 0.3) is 0 Å². The molecule has 8 heteroatoms. The number of hydrogen-bond donors (Lipinski definition) is 1. The maximum absolute atomic E-state index is 12.8. The molecule has 0 radical (unpaired) electrons. The zero-order valence-electron chi connectivity index (χ0n) is 11.4. The zero-order chi connectivity index (χ0) is 17.1. The van der Waals surface area contributed by atoms with Crippen LogP contribution in [0.1, 0.15) is 16.7 Å². The largest absolute Gasteiger partial charge is 0.417 e. The van der Waals surface area contributed by atoms with Crippen LogP contribution >= 0.6 is 0 Å². The molecule has 2 rings (SSSR count). The van der Waals surface area contributed by atoms with Gasteiger partial charge in [-0.3, -0.25) is 5.43 Å². The molecule has 0 aromatic heterocycles. The fourth-order valence-corrected chi connectivity index (χ4v) is 1.78. The molecule has 23 heavy (non-hydrogen) atoms. The Kier molecular flexibility index (Phi) is 4.63. The average Bonchev–Trinajstić information content (AvgIpc) is 2.46. The van der Waals surface area contributed by atoms with Gasteiger partial charge in [0, 0.05) is 5.56 Å². The number of nitrogens with zero attached hydrogens (tertiary/aromatic N) is 1. The molecule has 0 amide bonds. The van der Waals surface area contributed by atoms with E-state index in [0.717, 1.165) is 36.5 Å². The third-order valence-electron chi connectivity index (χ3n) is 2.88. The Labute approximate surface area is 127 Å². The van der Waals surface area contributed by atoms with Crippen molar-refractivity contribution in [3.63, 3.8) is 0 Å². The Balaban J connectivity index is 2.11. The van der Waals surface area contributed by atoms with E-state index in [4.69, 9.17) is 0 Å². The van der Waals surface area contributed by atoms with Gasteiger partial charge in [-0.25, -0.2) is 0 Å². The minimum absolute atomic E-state index is 0.153. The van der Waals surface area contributed by atoms with Gasteiger partial charge < -0.3 is 0 Å². The van der Waals surface area contributed by atoms with E-state index in [9.17, 15) is 26.3 Å². The summed E-state index contributed by atoms with van der Waals surface area (Å²) in [4.78, 5) is 0. The Bertz CT molecular complexity index is 686. The van der Waals surface area contributed by atoms with Gasteiger partial charge in [0.15, 0.2) is 0 Å². The van der Waals surface area contributed by atoms with Crippen molar-refractivity contribution in [1.29, 1.82) is 0 Å². The molecule has 2 nitrogen and oxygen atoms in total. The molecule has 0 aliphatic carbocycles.